The predicted octanol–water partition coefficient (Wildman–Crippen LogP) is 2.80. The van der Waals surface area contributed by atoms with Gasteiger partial charge in [-0.15, -0.1) is 0 Å². The van der Waals surface area contributed by atoms with Gasteiger partial charge in [-0.2, -0.15) is 0 Å². The van der Waals surface area contributed by atoms with E-state index in [4.69, 9.17) is 4.74 Å². The zero-order chi connectivity index (χ0) is 19.1. The van der Waals surface area contributed by atoms with E-state index in [0.717, 1.165) is 29.6 Å². The highest BCUT2D eigenvalue weighted by molar-refractivity contribution is 5.80. The fourth-order valence-corrected chi connectivity index (χ4v) is 3.09. The Labute approximate surface area is 158 Å². The molecule has 0 bridgehead atoms. The molecule has 3 rings (SSSR count). The highest BCUT2D eigenvalue weighted by Gasteiger charge is 2.13. The summed E-state index contributed by atoms with van der Waals surface area (Å²) in [5.41, 5.74) is 1.50. The molecule has 3 aromatic rings. The Morgan fingerprint density at radius 1 is 0.963 bits per heavy atom. The predicted molar refractivity (Wildman–Crippen MR) is 106 cm³/mol. The lowest BCUT2D eigenvalue weighted by atomic mass is 10.3. The van der Waals surface area contributed by atoms with Crippen LogP contribution in [-0.2, 0) is 17.9 Å². The molecule has 142 valence electrons. The minimum Gasteiger partial charge on any atom is -0.494 e. The summed E-state index contributed by atoms with van der Waals surface area (Å²) in [6.45, 7) is 3.72. The lowest BCUT2D eigenvalue weighted by Gasteiger charge is -2.07. The van der Waals surface area contributed by atoms with Gasteiger partial charge in [-0.05, 0) is 44.0 Å². The summed E-state index contributed by atoms with van der Waals surface area (Å²) in [6, 6.07) is 17.2. The molecule has 0 fully saturated rings. The van der Waals surface area contributed by atoms with Crippen LogP contribution in [0.1, 0.15) is 19.8 Å². The van der Waals surface area contributed by atoms with E-state index in [0.29, 0.717) is 19.7 Å². The number of hydrogen-bond donors (Lipinski definition) is 1. The van der Waals surface area contributed by atoms with E-state index in [1.807, 2.05) is 61.5 Å². The lowest BCUT2D eigenvalue weighted by Crippen LogP contribution is -2.33. The van der Waals surface area contributed by atoms with E-state index in [1.54, 1.807) is 4.57 Å². The van der Waals surface area contributed by atoms with Crippen molar-refractivity contribution in [3.8, 4) is 5.75 Å². The summed E-state index contributed by atoms with van der Waals surface area (Å²) in [6.07, 6.45) is 1.68. The number of amides is 1. The summed E-state index contributed by atoms with van der Waals surface area (Å²) in [5.74, 6) is 0.702. The molecule has 27 heavy (non-hydrogen) atoms. The summed E-state index contributed by atoms with van der Waals surface area (Å²) in [5, 5.41) is 2.89. The van der Waals surface area contributed by atoms with Crippen LogP contribution in [0.25, 0.3) is 11.0 Å². The average Bonchev–Trinajstić information content (AvgIpc) is 2.96. The Morgan fingerprint density at radius 2 is 1.63 bits per heavy atom. The molecule has 6 nitrogen and oxygen atoms in total. The summed E-state index contributed by atoms with van der Waals surface area (Å²) in [7, 11) is 0. The molecule has 1 amide bonds. The Bertz CT molecular complexity index is 944. The third-order valence-corrected chi connectivity index (χ3v) is 4.45. The average molecular weight is 367 g/mol. The van der Waals surface area contributed by atoms with Gasteiger partial charge in [0.05, 0.1) is 17.6 Å². The van der Waals surface area contributed by atoms with Crippen molar-refractivity contribution in [2.45, 2.75) is 32.9 Å². The second-order valence-electron chi connectivity index (χ2n) is 6.32. The van der Waals surface area contributed by atoms with Crippen molar-refractivity contribution in [2.75, 3.05) is 13.2 Å². The maximum Gasteiger partial charge on any atom is 0.329 e. The van der Waals surface area contributed by atoms with E-state index < -0.39 is 0 Å². The topological polar surface area (TPSA) is 65.3 Å². The number of ether oxygens (including phenoxy) is 1. The Balaban J connectivity index is 1.47. The number of unbranched alkanes of at least 4 members (excludes halogenated alkanes) is 1. The summed E-state index contributed by atoms with van der Waals surface area (Å²) in [4.78, 5) is 24.8. The second kappa shape index (κ2) is 9.07. The van der Waals surface area contributed by atoms with Crippen LogP contribution < -0.4 is 15.7 Å². The highest BCUT2D eigenvalue weighted by atomic mass is 16.5. The van der Waals surface area contributed by atoms with Crippen molar-refractivity contribution < 1.29 is 9.53 Å². The van der Waals surface area contributed by atoms with Gasteiger partial charge in [0.2, 0.25) is 5.91 Å². The van der Waals surface area contributed by atoms with E-state index in [-0.39, 0.29) is 18.1 Å². The number of nitrogens with zero attached hydrogens (tertiary/aromatic N) is 2. The molecule has 0 spiro atoms. The summed E-state index contributed by atoms with van der Waals surface area (Å²) >= 11 is 0. The summed E-state index contributed by atoms with van der Waals surface area (Å²) < 4.78 is 8.85. The molecule has 0 aliphatic carbocycles. The van der Waals surface area contributed by atoms with Gasteiger partial charge in [-0.25, -0.2) is 4.79 Å². The Kier molecular flexibility index (Phi) is 6.30. The van der Waals surface area contributed by atoms with Gasteiger partial charge >= 0.3 is 5.69 Å². The molecule has 0 aliphatic rings. The van der Waals surface area contributed by atoms with Crippen LogP contribution in [-0.4, -0.2) is 28.2 Å². The third-order valence-electron chi connectivity index (χ3n) is 4.45. The van der Waals surface area contributed by atoms with Gasteiger partial charge in [0, 0.05) is 13.1 Å². The van der Waals surface area contributed by atoms with Crippen molar-refractivity contribution >= 4 is 16.9 Å². The van der Waals surface area contributed by atoms with Crippen LogP contribution in [0.4, 0.5) is 0 Å². The first-order valence-corrected chi connectivity index (χ1v) is 9.33. The smallest absolute Gasteiger partial charge is 0.329 e. The lowest BCUT2D eigenvalue weighted by molar-refractivity contribution is -0.121. The van der Waals surface area contributed by atoms with Crippen LogP contribution in [0.15, 0.2) is 59.4 Å². The molecular weight excluding hydrogens is 342 g/mol. The number of aryl methyl sites for hydroxylation is 1. The van der Waals surface area contributed by atoms with Gasteiger partial charge in [0.1, 0.15) is 12.3 Å². The fourth-order valence-electron chi connectivity index (χ4n) is 3.09. The highest BCUT2D eigenvalue weighted by Crippen LogP contribution is 2.12. The number of nitrogens with one attached hydrogen (secondary N) is 1. The first-order valence-electron chi connectivity index (χ1n) is 9.33. The number of carbonyl (C=O) groups excluding carboxylic acids is 1. The molecule has 0 saturated heterocycles. The maximum absolute atomic E-state index is 12.5. The van der Waals surface area contributed by atoms with Crippen LogP contribution >= 0.6 is 0 Å². The SMILES string of the molecule is CCn1c(=O)n(CC(=O)NCCCCOc2ccccc2)c2ccccc21. The largest absolute Gasteiger partial charge is 0.494 e. The Morgan fingerprint density at radius 3 is 2.33 bits per heavy atom. The number of para-hydroxylation sites is 3. The van der Waals surface area contributed by atoms with Gasteiger partial charge in [0.15, 0.2) is 0 Å². The number of fused-ring (bicyclic) bond motifs is 1. The maximum atomic E-state index is 12.5. The zero-order valence-electron chi connectivity index (χ0n) is 15.6. The van der Waals surface area contributed by atoms with Crippen molar-refractivity contribution in [3.05, 3.63) is 65.1 Å². The monoisotopic (exact) mass is 367 g/mol. The molecule has 1 N–H and O–H groups in total. The number of benzene rings is 2. The first-order chi connectivity index (χ1) is 13.2. The van der Waals surface area contributed by atoms with E-state index >= 15 is 0 Å². The molecule has 1 heterocycles. The van der Waals surface area contributed by atoms with E-state index in [1.165, 1.54) is 4.57 Å². The molecule has 0 aliphatic heterocycles. The number of imidazole rings is 1. The van der Waals surface area contributed by atoms with Gasteiger partial charge in [0.25, 0.3) is 0 Å². The fraction of sp³-hybridized carbons (Fsp3) is 0.333. The Hall–Kier alpha value is -3.02. The molecule has 0 unspecified atom stereocenters. The minimum absolute atomic E-state index is 0.0346. The van der Waals surface area contributed by atoms with Crippen LogP contribution in [0, 0.1) is 0 Å². The zero-order valence-corrected chi connectivity index (χ0v) is 15.6. The van der Waals surface area contributed by atoms with E-state index in [2.05, 4.69) is 5.32 Å². The van der Waals surface area contributed by atoms with Gasteiger partial charge in [-0.1, -0.05) is 30.3 Å². The van der Waals surface area contributed by atoms with Crippen LogP contribution in [0.2, 0.25) is 0 Å². The van der Waals surface area contributed by atoms with Gasteiger partial charge in [-0.3, -0.25) is 13.9 Å². The second-order valence-corrected chi connectivity index (χ2v) is 6.32. The molecular formula is C21H25N3O3. The molecule has 0 atom stereocenters. The van der Waals surface area contributed by atoms with Crippen molar-refractivity contribution in [1.29, 1.82) is 0 Å². The minimum atomic E-state index is -0.153. The molecule has 6 heteroatoms. The molecule has 0 radical (unpaired) electrons. The molecule has 1 aromatic heterocycles. The van der Waals surface area contributed by atoms with Gasteiger partial charge < -0.3 is 10.1 Å². The number of rotatable bonds is 9. The normalized spacial score (nSPS) is 10.9. The van der Waals surface area contributed by atoms with Crippen molar-refractivity contribution in [3.63, 3.8) is 0 Å². The quantitative estimate of drug-likeness (QED) is 0.592. The van der Waals surface area contributed by atoms with Crippen LogP contribution in [0.5, 0.6) is 5.75 Å². The van der Waals surface area contributed by atoms with Crippen molar-refractivity contribution in [2.24, 2.45) is 0 Å². The number of carbonyl (C=O) groups is 1. The number of aromatic nitrogens is 2. The molecule has 0 saturated carbocycles. The van der Waals surface area contributed by atoms with Crippen LogP contribution in [0.3, 0.4) is 0 Å². The first kappa shape index (κ1) is 18.8. The standard InChI is InChI=1S/C21H25N3O3/c1-2-23-18-12-6-7-13-19(18)24(21(23)26)16-20(25)22-14-8-9-15-27-17-10-4-3-5-11-17/h3-7,10-13H,2,8-9,14-16H2,1H3,(H,22,25). The number of hydrogen-bond acceptors (Lipinski definition) is 3. The molecule has 2 aromatic carbocycles. The van der Waals surface area contributed by atoms with Crippen molar-refractivity contribution in [1.82, 2.24) is 14.5 Å². The third kappa shape index (κ3) is 4.58. The van der Waals surface area contributed by atoms with E-state index in [9.17, 15) is 9.59 Å².